The zero-order valence-electron chi connectivity index (χ0n) is 11.8. The van der Waals surface area contributed by atoms with Gasteiger partial charge in [-0.2, -0.15) is 0 Å². The highest BCUT2D eigenvalue weighted by atomic mass is 79.9. The lowest BCUT2D eigenvalue weighted by Crippen LogP contribution is -2.12. The zero-order valence-corrected chi connectivity index (χ0v) is 14.2. The monoisotopic (exact) mass is 366 g/mol. The molecule has 0 spiro atoms. The number of halogens is 1. The summed E-state index contributed by atoms with van der Waals surface area (Å²) in [5.41, 5.74) is 1.47. The summed E-state index contributed by atoms with van der Waals surface area (Å²) >= 11 is 3.35. The molecular weight excluding hydrogens is 352 g/mol. The van der Waals surface area contributed by atoms with Crippen molar-refractivity contribution in [2.45, 2.75) is 11.8 Å². The molecule has 3 nitrogen and oxygen atoms in total. The van der Waals surface area contributed by atoms with Crippen LogP contribution in [0.25, 0.3) is 0 Å². The van der Waals surface area contributed by atoms with Gasteiger partial charge in [-0.15, -0.1) is 0 Å². The third-order valence-corrected chi connectivity index (χ3v) is 5.33. The number of ether oxygens (including phenoxy) is 1. The molecule has 1 unspecified atom stereocenters. The molecule has 0 saturated carbocycles. The molecule has 110 valence electrons. The van der Waals surface area contributed by atoms with Gasteiger partial charge in [-0.05, 0) is 52.7 Å². The van der Waals surface area contributed by atoms with E-state index in [1.54, 1.807) is 24.3 Å². The lowest BCUT2D eigenvalue weighted by atomic mass is 10.1. The van der Waals surface area contributed by atoms with E-state index in [2.05, 4.69) is 15.9 Å². The van der Waals surface area contributed by atoms with Crippen molar-refractivity contribution in [3.05, 3.63) is 58.1 Å². The number of methoxy groups -OCH3 is 1. The van der Waals surface area contributed by atoms with E-state index < -0.39 is 10.8 Å². The normalized spacial score (nSPS) is 12.0. The summed E-state index contributed by atoms with van der Waals surface area (Å²) in [5, 5.41) is 0. The largest absolute Gasteiger partial charge is 0.496 e. The number of carbonyl (C=O) groups excluding carboxylic acids is 1. The van der Waals surface area contributed by atoms with Gasteiger partial charge in [0.15, 0.2) is 5.78 Å². The molecule has 0 aliphatic heterocycles. The van der Waals surface area contributed by atoms with Gasteiger partial charge >= 0.3 is 0 Å². The molecule has 2 rings (SSSR count). The van der Waals surface area contributed by atoms with Gasteiger partial charge in [-0.25, -0.2) is 0 Å². The van der Waals surface area contributed by atoms with Crippen LogP contribution in [0.5, 0.6) is 5.75 Å². The van der Waals surface area contributed by atoms with Crippen molar-refractivity contribution in [3.8, 4) is 5.75 Å². The molecule has 0 bridgehead atoms. The second kappa shape index (κ2) is 7.00. The highest BCUT2D eigenvalue weighted by Gasteiger charge is 2.17. The number of ketones is 1. The third-order valence-electron chi connectivity index (χ3n) is 3.00. The van der Waals surface area contributed by atoms with E-state index in [9.17, 15) is 9.00 Å². The number of rotatable bonds is 5. The quantitative estimate of drug-likeness (QED) is 0.756. The highest BCUT2D eigenvalue weighted by Crippen LogP contribution is 2.23. The first-order valence-electron chi connectivity index (χ1n) is 6.33. The maximum absolute atomic E-state index is 12.3. The molecule has 2 aromatic carbocycles. The molecule has 0 aromatic heterocycles. The maximum Gasteiger partial charge on any atom is 0.179 e. The van der Waals surface area contributed by atoms with Crippen molar-refractivity contribution in [2.24, 2.45) is 0 Å². The van der Waals surface area contributed by atoms with Crippen LogP contribution in [0.1, 0.15) is 15.9 Å². The fraction of sp³-hybridized carbons (Fsp3) is 0.188. The Morgan fingerprint density at radius 2 is 1.95 bits per heavy atom. The fourth-order valence-electron chi connectivity index (χ4n) is 1.93. The minimum absolute atomic E-state index is 0.0674. The summed E-state index contributed by atoms with van der Waals surface area (Å²) in [4.78, 5) is 13.0. The summed E-state index contributed by atoms with van der Waals surface area (Å²) < 4.78 is 18.3. The first-order valence-corrected chi connectivity index (χ1v) is 8.45. The summed E-state index contributed by atoms with van der Waals surface area (Å²) in [7, 11) is 0.131. The Morgan fingerprint density at radius 1 is 1.24 bits per heavy atom. The summed E-state index contributed by atoms with van der Waals surface area (Å²) in [6.07, 6.45) is 0. The Balaban J connectivity index is 2.23. The van der Waals surface area contributed by atoms with Gasteiger partial charge in [-0.1, -0.05) is 18.2 Å². The second-order valence-electron chi connectivity index (χ2n) is 4.55. The van der Waals surface area contributed by atoms with Crippen molar-refractivity contribution in [1.82, 2.24) is 0 Å². The van der Waals surface area contributed by atoms with Crippen LogP contribution >= 0.6 is 15.9 Å². The Bertz CT molecular complexity index is 698. The van der Waals surface area contributed by atoms with Crippen LogP contribution in [-0.2, 0) is 10.8 Å². The van der Waals surface area contributed by atoms with Crippen molar-refractivity contribution in [3.63, 3.8) is 0 Å². The molecule has 21 heavy (non-hydrogen) atoms. The van der Waals surface area contributed by atoms with Gasteiger partial charge in [-0.3, -0.25) is 9.00 Å². The number of hydrogen-bond acceptors (Lipinski definition) is 3. The average Bonchev–Trinajstić information content (AvgIpc) is 2.47. The lowest BCUT2D eigenvalue weighted by molar-refractivity contribution is 0.101. The van der Waals surface area contributed by atoms with Crippen LogP contribution in [0.2, 0.25) is 0 Å². The predicted molar refractivity (Wildman–Crippen MR) is 87.5 cm³/mol. The van der Waals surface area contributed by atoms with E-state index in [1.165, 1.54) is 7.11 Å². The maximum atomic E-state index is 12.3. The van der Waals surface area contributed by atoms with E-state index in [0.29, 0.717) is 16.2 Å². The van der Waals surface area contributed by atoms with Gasteiger partial charge in [0, 0.05) is 4.47 Å². The first kappa shape index (κ1) is 15.9. The fourth-order valence-corrected chi connectivity index (χ4v) is 3.82. The summed E-state index contributed by atoms with van der Waals surface area (Å²) in [6, 6.07) is 12.6. The van der Waals surface area contributed by atoms with Crippen LogP contribution in [0, 0.1) is 6.92 Å². The van der Waals surface area contributed by atoms with E-state index in [1.807, 2.05) is 25.1 Å². The standard InChI is InChI=1S/C16H15BrO3S/c1-11-7-8-12(15(9-11)20-2)14(18)10-21(19)16-6-4-3-5-13(16)17/h3-9H,10H2,1-2H3. The first-order chi connectivity index (χ1) is 10.0. The molecule has 0 N–H and O–H groups in total. The average molecular weight is 367 g/mol. The molecular formula is C16H15BrO3S. The van der Waals surface area contributed by atoms with Gasteiger partial charge < -0.3 is 4.74 Å². The van der Waals surface area contributed by atoms with Crippen LogP contribution in [0.4, 0.5) is 0 Å². The third kappa shape index (κ3) is 3.80. The molecule has 0 fully saturated rings. The topological polar surface area (TPSA) is 43.4 Å². The smallest absolute Gasteiger partial charge is 0.179 e. The van der Waals surface area contributed by atoms with E-state index >= 15 is 0 Å². The number of benzene rings is 2. The van der Waals surface area contributed by atoms with Crippen LogP contribution < -0.4 is 4.74 Å². The number of Topliss-reactive ketones (excluding diaryl/α,β-unsaturated/α-hetero) is 1. The van der Waals surface area contributed by atoms with Crippen molar-refractivity contribution < 1.29 is 13.7 Å². The molecule has 2 aromatic rings. The molecule has 0 amide bonds. The molecule has 0 saturated heterocycles. The summed E-state index contributed by atoms with van der Waals surface area (Å²) in [5.74, 6) is 0.257. The lowest BCUT2D eigenvalue weighted by Gasteiger charge is -2.09. The van der Waals surface area contributed by atoms with Gasteiger partial charge in [0.05, 0.1) is 34.1 Å². The van der Waals surface area contributed by atoms with Crippen LogP contribution in [0.15, 0.2) is 51.8 Å². The van der Waals surface area contributed by atoms with E-state index in [-0.39, 0.29) is 11.5 Å². The second-order valence-corrected chi connectivity index (χ2v) is 6.82. The number of hydrogen-bond donors (Lipinski definition) is 0. The minimum Gasteiger partial charge on any atom is -0.496 e. The molecule has 0 aliphatic carbocycles. The van der Waals surface area contributed by atoms with Crippen molar-refractivity contribution in [2.75, 3.05) is 12.9 Å². The Kier molecular flexibility index (Phi) is 5.31. The Hall–Kier alpha value is -1.46. The highest BCUT2D eigenvalue weighted by molar-refractivity contribution is 9.10. The van der Waals surface area contributed by atoms with Crippen LogP contribution in [-0.4, -0.2) is 22.9 Å². The Labute approximate surface area is 134 Å². The SMILES string of the molecule is COc1cc(C)ccc1C(=O)CS(=O)c1ccccc1Br. The van der Waals surface area contributed by atoms with Gasteiger partial charge in [0.1, 0.15) is 5.75 Å². The predicted octanol–water partition coefficient (Wildman–Crippen LogP) is 3.76. The zero-order chi connectivity index (χ0) is 15.4. The van der Waals surface area contributed by atoms with Crippen LogP contribution in [0.3, 0.4) is 0 Å². The number of carbonyl (C=O) groups is 1. The Morgan fingerprint density at radius 3 is 2.62 bits per heavy atom. The number of aryl methyl sites for hydroxylation is 1. The molecule has 5 heteroatoms. The molecule has 0 aliphatic rings. The van der Waals surface area contributed by atoms with Gasteiger partial charge in [0.2, 0.25) is 0 Å². The molecule has 0 radical (unpaired) electrons. The van der Waals surface area contributed by atoms with E-state index in [0.717, 1.165) is 10.0 Å². The minimum atomic E-state index is -1.39. The van der Waals surface area contributed by atoms with Crippen molar-refractivity contribution in [1.29, 1.82) is 0 Å². The molecule has 1 atom stereocenters. The summed E-state index contributed by atoms with van der Waals surface area (Å²) in [6.45, 7) is 1.93. The van der Waals surface area contributed by atoms with E-state index in [4.69, 9.17) is 4.74 Å². The van der Waals surface area contributed by atoms with Gasteiger partial charge in [0.25, 0.3) is 0 Å². The molecule has 0 heterocycles. The van der Waals surface area contributed by atoms with Crippen molar-refractivity contribution >= 4 is 32.5 Å².